The van der Waals surface area contributed by atoms with Crippen LogP contribution in [0.1, 0.15) is 16.7 Å². The monoisotopic (exact) mass is 241 g/mol. The Kier molecular flexibility index (Phi) is 3.68. The summed E-state index contributed by atoms with van der Waals surface area (Å²) in [7, 11) is 1.71. The van der Waals surface area contributed by atoms with Crippen LogP contribution in [0.25, 0.3) is 11.1 Å². The van der Waals surface area contributed by atoms with E-state index in [9.17, 15) is 0 Å². The minimum Gasteiger partial charge on any atom is -0.496 e. The Morgan fingerprint density at radius 3 is 2.50 bits per heavy atom. The van der Waals surface area contributed by atoms with Crippen LogP contribution < -0.4 is 10.5 Å². The summed E-state index contributed by atoms with van der Waals surface area (Å²) in [6, 6.07) is 12.5. The number of hydrogen-bond acceptors (Lipinski definition) is 2. The minimum atomic E-state index is 0.534. The fourth-order valence-corrected chi connectivity index (χ4v) is 2.38. The van der Waals surface area contributed by atoms with E-state index < -0.39 is 0 Å². The van der Waals surface area contributed by atoms with Crippen LogP contribution in [0.4, 0.5) is 0 Å². The highest BCUT2D eigenvalue weighted by Crippen LogP contribution is 2.36. The van der Waals surface area contributed by atoms with Gasteiger partial charge >= 0.3 is 0 Å². The van der Waals surface area contributed by atoms with Gasteiger partial charge in [-0.1, -0.05) is 30.3 Å². The van der Waals surface area contributed by atoms with Crippen LogP contribution in [-0.4, -0.2) is 7.11 Å². The van der Waals surface area contributed by atoms with Crippen molar-refractivity contribution < 1.29 is 4.74 Å². The Morgan fingerprint density at radius 1 is 1.11 bits per heavy atom. The first-order chi connectivity index (χ1) is 8.67. The molecule has 2 N–H and O–H groups in total. The smallest absolute Gasteiger partial charge is 0.127 e. The molecule has 0 bridgehead atoms. The molecule has 0 amide bonds. The maximum atomic E-state index is 5.82. The SMILES string of the molecule is COc1cc(C)cc(C)c1-c1ccccc1CN. The first-order valence-electron chi connectivity index (χ1n) is 6.11. The maximum absolute atomic E-state index is 5.82. The number of methoxy groups -OCH3 is 1. The standard InChI is InChI=1S/C16H19NO/c1-11-8-12(2)16(15(9-11)18-3)14-7-5-4-6-13(14)10-17/h4-9H,10,17H2,1-3H3. The van der Waals surface area contributed by atoms with Crippen LogP contribution in [0, 0.1) is 13.8 Å². The molecule has 0 aromatic heterocycles. The second-order valence-corrected chi connectivity index (χ2v) is 4.52. The summed E-state index contributed by atoms with van der Waals surface area (Å²) in [6.07, 6.45) is 0. The first kappa shape index (κ1) is 12.7. The second kappa shape index (κ2) is 5.23. The zero-order valence-electron chi connectivity index (χ0n) is 11.2. The third kappa shape index (κ3) is 2.24. The molecule has 2 aromatic carbocycles. The number of benzene rings is 2. The van der Waals surface area contributed by atoms with Crippen molar-refractivity contribution in [2.75, 3.05) is 7.11 Å². The first-order valence-corrected chi connectivity index (χ1v) is 6.11. The molecule has 0 aliphatic carbocycles. The van der Waals surface area contributed by atoms with Crippen LogP contribution in [-0.2, 0) is 6.54 Å². The fraction of sp³-hybridized carbons (Fsp3) is 0.250. The van der Waals surface area contributed by atoms with Gasteiger partial charge in [-0.25, -0.2) is 0 Å². The van der Waals surface area contributed by atoms with Crippen LogP contribution >= 0.6 is 0 Å². The zero-order chi connectivity index (χ0) is 13.1. The molecule has 0 atom stereocenters. The van der Waals surface area contributed by atoms with Gasteiger partial charge in [0.25, 0.3) is 0 Å². The van der Waals surface area contributed by atoms with Gasteiger partial charge in [0, 0.05) is 12.1 Å². The van der Waals surface area contributed by atoms with E-state index in [0.717, 1.165) is 22.4 Å². The summed E-state index contributed by atoms with van der Waals surface area (Å²) in [5.41, 5.74) is 11.7. The van der Waals surface area contributed by atoms with Crippen LogP contribution in [0.5, 0.6) is 5.75 Å². The summed E-state index contributed by atoms with van der Waals surface area (Å²) in [5, 5.41) is 0. The summed E-state index contributed by atoms with van der Waals surface area (Å²) in [4.78, 5) is 0. The lowest BCUT2D eigenvalue weighted by Gasteiger charge is -2.16. The number of nitrogens with two attached hydrogens (primary N) is 1. The van der Waals surface area contributed by atoms with Crippen molar-refractivity contribution >= 4 is 0 Å². The van der Waals surface area contributed by atoms with Gasteiger partial charge < -0.3 is 10.5 Å². The van der Waals surface area contributed by atoms with Crippen LogP contribution in [0.2, 0.25) is 0 Å². The van der Waals surface area contributed by atoms with Crippen molar-refractivity contribution in [2.24, 2.45) is 5.73 Å². The van der Waals surface area contributed by atoms with Gasteiger partial charge in [0.1, 0.15) is 5.75 Å². The molecular weight excluding hydrogens is 222 g/mol. The van der Waals surface area contributed by atoms with Crippen molar-refractivity contribution in [3.05, 3.63) is 53.1 Å². The average molecular weight is 241 g/mol. The molecule has 0 unspecified atom stereocenters. The highest BCUT2D eigenvalue weighted by molar-refractivity contribution is 5.77. The summed E-state index contributed by atoms with van der Waals surface area (Å²) >= 11 is 0. The molecular formula is C16H19NO. The molecule has 0 fully saturated rings. The highest BCUT2D eigenvalue weighted by atomic mass is 16.5. The molecule has 94 valence electrons. The van der Waals surface area contributed by atoms with Crippen molar-refractivity contribution in [1.82, 2.24) is 0 Å². The van der Waals surface area contributed by atoms with Crippen molar-refractivity contribution in [1.29, 1.82) is 0 Å². The van der Waals surface area contributed by atoms with Gasteiger partial charge in [-0.2, -0.15) is 0 Å². The number of ether oxygens (including phenoxy) is 1. The summed E-state index contributed by atoms with van der Waals surface area (Å²) in [6.45, 7) is 4.72. The molecule has 0 aliphatic rings. The van der Waals surface area contributed by atoms with Crippen LogP contribution in [0.15, 0.2) is 36.4 Å². The second-order valence-electron chi connectivity index (χ2n) is 4.52. The van der Waals surface area contributed by atoms with E-state index in [1.165, 1.54) is 11.1 Å². The van der Waals surface area contributed by atoms with E-state index >= 15 is 0 Å². The predicted octanol–water partition coefficient (Wildman–Crippen LogP) is 3.44. The van der Waals surface area contributed by atoms with E-state index in [1.54, 1.807) is 7.11 Å². The molecule has 0 radical (unpaired) electrons. The van der Waals surface area contributed by atoms with Crippen LogP contribution in [0.3, 0.4) is 0 Å². The lowest BCUT2D eigenvalue weighted by Crippen LogP contribution is -2.01. The van der Waals surface area contributed by atoms with Gasteiger partial charge in [0.2, 0.25) is 0 Å². The van der Waals surface area contributed by atoms with E-state index in [0.29, 0.717) is 6.54 Å². The van der Waals surface area contributed by atoms with Crippen molar-refractivity contribution in [3.8, 4) is 16.9 Å². The largest absolute Gasteiger partial charge is 0.496 e. The Hall–Kier alpha value is -1.80. The Balaban J connectivity index is 2.70. The molecule has 0 aliphatic heterocycles. The van der Waals surface area contributed by atoms with Gasteiger partial charge in [0.15, 0.2) is 0 Å². The third-order valence-electron chi connectivity index (χ3n) is 3.17. The van der Waals surface area contributed by atoms with E-state index in [2.05, 4.69) is 38.1 Å². The maximum Gasteiger partial charge on any atom is 0.127 e. The normalized spacial score (nSPS) is 10.4. The minimum absolute atomic E-state index is 0.534. The lowest BCUT2D eigenvalue weighted by molar-refractivity contribution is 0.416. The number of hydrogen-bond donors (Lipinski definition) is 1. The molecule has 0 spiro atoms. The molecule has 2 heteroatoms. The number of aryl methyl sites for hydroxylation is 2. The molecule has 0 heterocycles. The molecule has 2 nitrogen and oxygen atoms in total. The average Bonchev–Trinajstić information content (AvgIpc) is 2.38. The predicted molar refractivity (Wildman–Crippen MR) is 75.8 cm³/mol. The Bertz CT molecular complexity index is 561. The Labute approximate surface area is 108 Å². The van der Waals surface area contributed by atoms with Gasteiger partial charge in [-0.3, -0.25) is 0 Å². The van der Waals surface area contributed by atoms with Crippen molar-refractivity contribution in [3.63, 3.8) is 0 Å². The van der Waals surface area contributed by atoms with E-state index in [-0.39, 0.29) is 0 Å². The van der Waals surface area contributed by atoms with Crippen molar-refractivity contribution in [2.45, 2.75) is 20.4 Å². The molecule has 2 aromatic rings. The summed E-state index contributed by atoms with van der Waals surface area (Å²) in [5.74, 6) is 0.911. The van der Waals surface area contributed by atoms with E-state index in [4.69, 9.17) is 10.5 Å². The van der Waals surface area contributed by atoms with Gasteiger partial charge in [-0.15, -0.1) is 0 Å². The van der Waals surface area contributed by atoms with Gasteiger partial charge in [0.05, 0.1) is 7.11 Å². The van der Waals surface area contributed by atoms with Gasteiger partial charge in [-0.05, 0) is 42.2 Å². The molecule has 18 heavy (non-hydrogen) atoms. The fourth-order valence-electron chi connectivity index (χ4n) is 2.38. The quantitative estimate of drug-likeness (QED) is 0.893. The zero-order valence-corrected chi connectivity index (χ0v) is 11.2. The molecule has 0 saturated heterocycles. The summed E-state index contributed by atoms with van der Waals surface area (Å²) < 4.78 is 5.52. The Morgan fingerprint density at radius 2 is 1.83 bits per heavy atom. The highest BCUT2D eigenvalue weighted by Gasteiger charge is 2.12. The molecule has 0 saturated carbocycles. The number of rotatable bonds is 3. The molecule has 2 rings (SSSR count). The van der Waals surface area contributed by atoms with E-state index in [1.807, 2.05) is 12.1 Å². The lowest BCUT2D eigenvalue weighted by atomic mass is 9.94. The third-order valence-corrected chi connectivity index (χ3v) is 3.17. The topological polar surface area (TPSA) is 35.2 Å².